The number of aromatic nitrogens is 1. The van der Waals surface area contributed by atoms with E-state index in [2.05, 4.69) is 73.3 Å². The van der Waals surface area contributed by atoms with Gasteiger partial charge in [0.25, 0.3) is 0 Å². The van der Waals surface area contributed by atoms with Crippen LogP contribution in [0, 0.1) is 18.3 Å². The third-order valence-corrected chi connectivity index (χ3v) is 4.04. The fourth-order valence-electron chi connectivity index (χ4n) is 2.84. The Bertz CT molecular complexity index is 804. The molecule has 21 heavy (non-hydrogen) atoms. The molecular weight excluding hydrogens is 256 g/mol. The van der Waals surface area contributed by atoms with Crippen LogP contribution in [0.5, 0.6) is 0 Å². The van der Waals surface area contributed by atoms with Gasteiger partial charge < -0.3 is 4.57 Å². The van der Waals surface area contributed by atoms with Crippen molar-refractivity contribution in [2.75, 3.05) is 0 Å². The van der Waals surface area contributed by atoms with Crippen molar-refractivity contribution in [3.05, 3.63) is 71.4 Å². The smallest absolute Gasteiger partial charge is 0.0753 e. The Morgan fingerprint density at radius 1 is 1.10 bits per heavy atom. The molecule has 0 saturated carbocycles. The van der Waals surface area contributed by atoms with Gasteiger partial charge in [0.2, 0.25) is 0 Å². The van der Waals surface area contributed by atoms with E-state index in [1.54, 1.807) is 0 Å². The van der Waals surface area contributed by atoms with Gasteiger partial charge in [-0.3, -0.25) is 0 Å². The number of aryl methyl sites for hydroxylation is 2. The first-order valence-corrected chi connectivity index (χ1v) is 7.18. The molecule has 0 aliphatic heterocycles. The van der Waals surface area contributed by atoms with E-state index in [1.165, 1.54) is 22.0 Å². The van der Waals surface area contributed by atoms with E-state index in [1.807, 2.05) is 6.07 Å². The Morgan fingerprint density at radius 3 is 2.52 bits per heavy atom. The molecule has 0 N–H and O–H groups in total. The summed E-state index contributed by atoms with van der Waals surface area (Å²) in [6.45, 7) is 2.07. The number of benzene rings is 2. The van der Waals surface area contributed by atoms with Crippen LogP contribution in [-0.2, 0) is 13.5 Å². The lowest BCUT2D eigenvalue weighted by Crippen LogP contribution is -2.00. The highest BCUT2D eigenvalue weighted by molar-refractivity contribution is 5.84. The Morgan fingerprint density at radius 2 is 1.81 bits per heavy atom. The zero-order chi connectivity index (χ0) is 14.8. The monoisotopic (exact) mass is 274 g/mol. The minimum atomic E-state index is -0.101. The number of para-hydroxylation sites is 1. The summed E-state index contributed by atoms with van der Waals surface area (Å²) >= 11 is 0. The van der Waals surface area contributed by atoms with E-state index in [4.69, 9.17) is 0 Å². The van der Waals surface area contributed by atoms with Crippen molar-refractivity contribution >= 4 is 10.9 Å². The molecule has 2 nitrogen and oxygen atoms in total. The Hall–Kier alpha value is -2.53. The first kappa shape index (κ1) is 13.5. The summed E-state index contributed by atoms with van der Waals surface area (Å²) in [5.41, 5.74) is 4.77. The quantitative estimate of drug-likeness (QED) is 0.698. The zero-order valence-corrected chi connectivity index (χ0v) is 12.4. The van der Waals surface area contributed by atoms with E-state index in [0.717, 1.165) is 12.0 Å². The molecule has 3 rings (SSSR count). The zero-order valence-electron chi connectivity index (χ0n) is 12.4. The summed E-state index contributed by atoms with van der Waals surface area (Å²) in [7, 11) is 2.05. The molecule has 104 valence electrons. The van der Waals surface area contributed by atoms with Crippen LogP contribution < -0.4 is 0 Å². The maximum absolute atomic E-state index is 9.53. The second-order valence-corrected chi connectivity index (χ2v) is 5.58. The summed E-state index contributed by atoms with van der Waals surface area (Å²) in [5, 5.41) is 10.8. The lowest BCUT2D eigenvalue weighted by atomic mass is 9.92. The molecule has 0 radical (unpaired) electrons. The van der Waals surface area contributed by atoms with Crippen LogP contribution in [0.3, 0.4) is 0 Å². The summed E-state index contributed by atoms with van der Waals surface area (Å²) < 4.78 is 2.13. The third kappa shape index (κ3) is 2.55. The van der Waals surface area contributed by atoms with E-state index in [9.17, 15) is 5.26 Å². The predicted octanol–water partition coefficient (Wildman–Crippen LogP) is 4.34. The van der Waals surface area contributed by atoms with Gasteiger partial charge in [-0.1, -0.05) is 48.0 Å². The van der Waals surface area contributed by atoms with Gasteiger partial charge in [-0.2, -0.15) is 5.26 Å². The maximum Gasteiger partial charge on any atom is 0.0753 e. The SMILES string of the molecule is Cc1ccc(C(C#N)Cc2cn(C)c3ccccc23)cc1. The minimum absolute atomic E-state index is 0.101. The van der Waals surface area contributed by atoms with Gasteiger partial charge in [0.1, 0.15) is 0 Å². The molecule has 3 aromatic rings. The van der Waals surface area contributed by atoms with Crippen molar-refractivity contribution in [1.82, 2.24) is 4.57 Å². The number of nitriles is 1. The van der Waals surface area contributed by atoms with E-state index in [-0.39, 0.29) is 5.92 Å². The lowest BCUT2D eigenvalue weighted by Gasteiger charge is -2.09. The van der Waals surface area contributed by atoms with Crippen molar-refractivity contribution in [3.63, 3.8) is 0 Å². The van der Waals surface area contributed by atoms with Gasteiger partial charge in [0, 0.05) is 24.1 Å². The molecule has 1 heterocycles. The topological polar surface area (TPSA) is 28.7 Å². The van der Waals surface area contributed by atoms with Gasteiger partial charge in [0.05, 0.1) is 12.0 Å². The van der Waals surface area contributed by atoms with Crippen molar-refractivity contribution in [3.8, 4) is 6.07 Å². The summed E-state index contributed by atoms with van der Waals surface area (Å²) in [5.74, 6) is -0.101. The van der Waals surface area contributed by atoms with Crippen LogP contribution in [0.25, 0.3) is 10.9 Å². The van der Waals surface area contributed by atoms with Crippen molar-refractivity contribution in [2.45, 2.75) is 19.3 Å². The van der Waals surface area contributed by atoms with Crippen LogP contribution in [0.1, 0.15) is 22.6 Å². The largest absolute Gasteiger partial charge is 0.350 e. The third-order valence-electron chi connectivity index (χ3n) is 4.04. The molecule has 0 fully saturated rings. The van der Waals surface area contributed by atoms with Crippen LogP contribution in [0.4, 0.5) is 0 Å². The van der Waals surface area contributed by atoms with Gasteiger partial charge in [-0.15, -0.1) is 0 Å². The number of hydrogen-bond donors (Lipinski definition) is 0. The molecule has 0 aliphatic carbocycles. The Kier molecular flexibility index (Phi) is 3.50. The molecule has 1 atom stereocenters. The molecule has 0 amide bonds. The van der Waals surface area contributed by atoms with Crippen molar-refractivity contribution in [2.24, 2.45) is 7.05 Å². The van der Waals surface area contributed by atoms with Crippen LogP contribution in [0.2, 0.25) is 0 Å². The van der Waals surface area contributed by atoms with Crippen LogP contribution in [0.15, 0.2) is 54.7 Å². The molecule has 2 heteroatoms. The maximum atomic E-state index is 9.53. The van der Waals surface area contributed by atoms with E-state index < -0.39 is 0 Å². The first-order valence-electron chi connectivity index (χ1n) is 7.18. The van der Waals surface area contributed by atoms with Gasteiger partial charge in [-0.25, -0.2) is 0 Å². The average Bonchev–Trinajstić information content (AvgIpc) is 2.83. The van der Waals surface area contributed by atoms with E-state index >= 15 is 0 Å². The van der Waals surface area contributed by atoms with Crippen LogP contribution >= 0.6 is 0 Å². The lowest BCUT2D eigenvalue weighted by molar-refractivity contribution is 0.844. The molecule has 2 aromatic carbocycles. The Balaban J connectivity index is 1.96. The summed E-state index contributed by atoms with van der Waals surface area (Å²) in [6, 6.07) is 19.1. The standard InChI is InChI=1S/C19H18N2/c1-14-7-9-15(10-8-14)16(12-20)11-17-13-21(2)19-6-4-3-5-18(17)19/h3-10,13,16H,11H2,1-2H3. The first-order chi connectivity index (χ1) is 10.2. The van der Waals surface area contributed by atoms with Gasteiger partial charge >= 0.3 is 0 Å². The fourth-order valence-corrected chi connectivity index (χ4v) is 2.84. The molecule has 0 bridgehead atoms. The van der Waals surface area contributed by atoms with Crippen LogP contribution in [-0.4, -0.2) is 4.57 Å². The second kappa shape index (κ2) is 5.46. The minimum Gasteiger partial charge on any atom is -0.350 e. The average molecular weight is 274 g/mol. The van der Waals surface area contributed by atoms with E-state index in [0.29, 0.717) is 0 Å². The second-order valence-electron chi connectivity index (χ2n) is 5.58. The normalized spacial score (nSPS) is 12.2. The molecule has 0 aliphatic rings. The highest BCUT2D eigenvalue weighted by atomic mass is 14.9. The molecule has 0 saturated heterocycles. The van der Waals surface area contributed by atoms with Crippen molar-refractivity contribution in [1.29, 1.82) is 5.26 Å². The van der Waals surface area contributed by atoms with Gasteiger partial charge in [-0.05, 0) is 30.5 Å². The molecular formula is C19H18N2. The Labute approximate surface area is 125 Å². The summed E-state index contributed by atoms with van der Waals surface area (Å²) in [6.07, 6.45) is 2.89. The van der Waals surface area contributed by atoms with Gasteiger partial charge in [0.15, 0.2) is 0 Å². The number of rotatable bonds is 3. The fraction of sp³-hybridized carbons (Fsp3) is 0.211. The number of hydrogen-bond acceptors (Lipinski definition) is 1. The predicted molar refractivity (Wildman–Crippen MR) is 86.2 cm³/mol. The highest BCUT2D eigenvalue weighted by Crippen LogP contribution is 2.27. The number of fused-ring (bicyclic) bond motifs is 1. The highest BCUT2D eigenvalue weighted by Gasteiger charge is 2.15. The van der Waals surface area contributed by atoms with Crippen molar-refractivity contribution < 1.29 is 0 Å². The number of nitrogens with zero attached hydrogens (tertiary/aromatic N) is 2. The summed E-state index contributed by atoms with van der Waals surface area (Å²) in [4.78, 5) is 0. The molecule has 1 unspecified atom stereocenters. The molecule has 0 spiro atoms. The molecule has 1 aromatic heterocycles.